The number of amides is 1. The van der Waals surface area contributed by atoms with E-state index < -0.39 is 11.9 Å². The standard InChI is InChI=1S/C10H19NO3S/c1-7(9(13)14)5-15-6-8(12)11-10(2,3)4/h7H,5-6H2,1-4H3,(H,11,12)(H,13,14). The van der Waals surface area contributed by atoms with Crippen LogP contribution in [0.4, 0.5) is 0 Å². The second kappa shape index (κ2) is 6.00. The van der Waals surface area contributed by atoms with E-state index in [1.807, 2.05) is 20.8 Å². The first kappa shape index (κ1) is 14.3. The number of hydrogen-bond acceptors (Lipinski definition) is 3. The highest BCUT2D eigenvalue weighted by atomic mass is 32.2. The van der Waals surface area contributed by atoms with Gasteiger partial charge in [-0.3, -0.25) is 9.59 Å². The molecule has 0 heterocycles. The maximum atomic E-state index is 11.3. The van der Waals surface area contributed by atoms with Crippen LogP contribution in [0.15, 0.2) is 0 Å². The fourth-order valence-electron chi connectivity index (χ4n) is 0.854. The van der Waals surface area contributed by atoms with E-state index in [9.17, 15) is 9.59 Å². The van der Waals surface area contributed by atoms with Crippen molar-refractivity contribution in [3.8, 4) is 0 Å². The molecular weight excluding hydrogens is 214 g/mol. The van der Waals surface area contributed by atoms with Gasteiger partial charge < -0.3 is 10.4 Å². The summed E-state index contributed by atoms with van der Waals surface area (Å²) in [5.41, 5.74) is -0.226. The first-order valence-electron chi connectivity index (χ1n) is 4.84. The maximum Gasteiger partial charge on any atom is 0.307 e. The zero-order valence-corrected chi connectivity index (χ0v) is 10.5. The molecule has 88 valence electrons. The summed E-state index contributed by atoms with van der Waals surface area (Å²) >= 11 is 1.35. The third-order valence-electron chi connectivity index (χ3n) is 1.54. The number of carbonyl (C=O) groups is 2. The Morgan fingerprint density at radius 2 is 1.93 bits per heavy atom. The Balaban J connectivity index is 3.69. The van der Waals surface area contributed by atoms with Gasteiger partial charge in [-0.15, -0.1) is 0 Å². The Labute approximate surface area is 94.8 Å². The van der Waals surface area contributed by atoms with E-state index in [-0.39, 0.29) is 11.4 Å². The highest BCUT2D eigenvalue weighted by Crippen LogP contribution is 2.09. The van der Waals surface area contributed by atoms with Gasteiger partial charge in [-0.05, 0) is 20.8 Å². The minimum Gasteiger partial charge on any atom is -0.481 e. The predicted molar refractivity (Wildman–Crippen MR) is 62.0 cm³/mol. The van der Waals surface area contributed by atoms with Crippen LogP contribution in [0.5, 0.6) is 0 Å². The number of hydrogen-bond donors (Lipinski definition) is 2. The van der Waals surface area contributed by atoms with Crippen LogP contribution in [-0.2, 0) is 9.59 Å². The molecule has 0 aliphatic heterocycles. The number of aliphatic carboxylic acids is 1. The fraction of sp³-hybridized carbons (Fsp3) is 0.800. The van der Waals surface area contributed by atoms with Crippen LogP contribution < -0.4 is 5.32 Å². The molecule has 0 aliphatic carbocycles. The third kappa shape index (κ3) is 8.30. The summed E-state index contributed by atoms with van der Waals surface area (Å²) in [6.45, 7) is 7.37. The summed E-state index contributed by atoms with van der Waals surface area (Å²) in [5.74, 6) is -0.497. The first-order valence-corrected chi connectivity index (χ1v) is 5.99. The van der Waals surface area contributed by atoms with Crippen LogP contribution >= 0.6 is 11.8 Å². The highest BCUT2D eigenvalue weighted by Gasteiger charge is 2.15. The van der Waals surface area contributed by atoms with E-state index in [0.717, 1.165) is 0 Å². The molecule has 15 heavy (non-hydrogen) atoms. The van der Waals surface area contributed by atoms with Crippen molar-refractivity contribution in [3.63, 3.8) is 0 Å². The van der Waals surface area contributed by atoms with Crippen molar-refractivity contribution in [3.05, 3.63) is 0 Å². The number of carboxylic acid groups (broad SMARTS) is 1. The molecule has 0 rings (SSSR count). The minimum absolute atomic E-state index is 0.0508. The van der Waals surface area contributed by atoms with Gasteiger partial charge in [0.25, 0.3) is 0 Å². The monoisotopic (exact) mass is 233 g/mol. The van der Waals surface area contributed by atoms with Gasteiger partial charge in [0, 0.05) is 11.3 Å². The molecule has 1 amide bonds. The predicted octanol–water partition coefficient (Wildman–Crippen LogP) is 1.35. The van der Waals surface area contributed by atoms with E-state index >= 15 is 0 Å². The van der Waals surface area contributed by atoms with Gasteiger partial charge in [-0.25, -0.2) is 0 Å². The van der Waals surface area contributed by atoms with Gasteiger partial charge in [-0.1, -0.05) is 6.92 Å². The van der Waals surface area contributed by atoms with E-state index in [0.29, 0.717) is 11.5 Å². The van der Waals surface area contributed by atoms with Crippen molar-refractivity contribution in [2.75, 3.05) is 11.5 Å². The van der Waals surface area contributed by atoms with Crippen LogP contribution in [0.3, 0.4) is 0 Å². The fourth-order valence-corrected chi connectivity index (χ4v) is 1.73. The molecule has 0 aromatic carbocycles. The van der Waals surface area contributed by atoms with Crippen molar-refractivity contribution >= 4 is 23.6 Å². The molecule has 4 nitrogen and oxygen atoms in total. The van der Waals surface area contributed by atoms with Gasteiger partial charge in [-0.2, -0.15) is 11.8 Å². The molecule has 2 N–H and O–H groups in total. The van der Waals surface area contributed by atoms with Crippen LogP contribution in [0, 0.1) is 5.92 Å². The second-order valence-electron chi connectivity index (χ2n) is 4.55. The Morgan fingerprint density at radius 3 is 2.33 bits per heavy atom. The third-order valence-corrected chi connectivity index (χ3v) is 2.74. The van der Waals surface area contributed by atoms with E-state index in [1.165, 1.54) is 11.8 Å². The van der Waals surface area contributed by atoms with Gasteiger partial charge in [0.2, 0.25) is 5.91 Å². The van der Waals surface area contributed by atoms with Crippen LogP contribution in [0.25, 0.3) is 0 Å². The summed E-state index contributed by atoms with van der Waals surface area (Å²) in [5, 5.41) is 11.4. The van der Waals surface area contributed by atoms with Crippen LogP contribution in [-0.4, -0.2) is 34.0 Å². The molecule has 0 radical (unpaired) electrons. The summed E-state index contributed by atoms with van der Waals surface area (Å²) in [6.07, 6.45) is 0. The van der Waals surface area contributed by atoms with Gasteiger partial charge in [0.15, 0.2) is 0 Å². The summed E-state index contributed by atoms with van der Waals surface area (Å²) in [7, 11) is 0. The Hall–Kier alpha value is -0.710. The van der Waals surface area contributed by atoms with Gasteiger partial charge in [0.05, 0.1) is 11.7 Å². The molecule has 0 fully saturated rings. The van der Waals surface area contributed by atoms with Gasteiger partial charge in [0.1, 0.15) is 0 Å². The maximum absolute atomic E-state index is 11.3. The summed E-state index contributed by atoms with van der Waals surface area (Å²) < 4.78 is 0. The average molecular weight is 233 g/mol. The number of thioether (sulfide) groups is 1. The molecule has 0 aromatic rings. The normalized spacial score (nSPS) is 13.3. The lowest BCUT2D eigenvalue weighted by Gasteiger charge is -2.20. The van der Waals surface area contributed by atoms with E-state index in [4.69, 9.17) is 5.11 Å². The zero-order chi connectivity index (χ0) is 12.1. The quantitative estimate of drug-likeness (QED) is 0.752. The Kier molecular flexibility index (Phi) is 5.72. The van der Waals surface area contributed by atoms with Crippen molar-refractivity contribution < 1.29 is 14.7 Å². The number of rotatable bonds is 5. The molecule has 1 unspecified atom stereocenters. The van der Waals surface area contributed by atoms with Gasteiger partial charge >= 0.3 is 5.97 Å². The van der Waals surface area contributed by atoms with Crippen molar-refractivity contribution in [1.29, 1.82) is 0 Å². The second-order valence-corrected chi connectivity index (χ2v) is 5.58. The molecule has 0 saturated heterocycles. The topological polar surface area (TPSA) is 66.4 Å². The molecule has 0 aliphatic rings. The summed E-state index contributed by atoms with van der Waals surface area (Å²) in [4.78, 5) is 21.8. The number of nitrogens with one attached hydrogen (secondary N) is 1. The van der Waals surface area contributed by atoms with Crippen molar-refractivity contribution in [2.24, 2.45) is 5.92 Å². The van der Waals surface area contributed by atoms with E-state index in [2.05, 4.69) is 5.32 Å². The molecule has 5 heteroatoms. The lowest BCUT2D eigenvalue weighted by Crippen LogP contribution is -2.41. The number of carboxylic acids is 1. The zero-order valence-electron chi connectivity index (χ0n) is 9.66. The number of carbonyl (C=O) groups excluding carboxylic acids is 1. The SMILES string of the molecule is CC(CSCC(=O)NC(C)(C)C)C(=O)O. The Morgan fingerprint density at radius 1 is 1.40 bits per heavy atom. The lowest BCUT2D eigenvalue weighted by molar-refractivity contribution is -0.140. The molecule has 0 saturated carbocycles. The smallest absolute Gasteiger partial charge is 0.307 e. The molecule has 1 atom stereocenters. The van der Waals surface area contributed by atoms with Crippen LogP contribution in [0.1, 0.15) is 27.7 Å². The average Bonchev–Trinajstić information content (AvgIpc) is 2.00. The molecular formula is C10H19NO3S. The van der Waals surface area contributed by atoms with Crippen molar-refractivity contribution in [2.45, 2.75) is 33.2 Å². The molecule has 0 bridgehead atoms. The summed E-state index contributed by atoms with van der Waals surface area (Å²) in [6, 6.07) is 0. The van der Waals surface area contributed by atoms with Crippen LogP contribution in [0.2, 0.25) is 0 Å². The highest BCUT2D eigenvalue weighted by molar-refractivity contribution is 7.99. The largest absolute Gasteiger partial charge is 0.481 e. The Bertz CT molecular complexity index is 235. The minimum atomic E-state index is -0.821. The lowest BCUT2D eigenvalue weighted by atomic mass is 10.1. The first-order chi connectivity index (χ1) is 6.72. The molecule has 0 spiro atoms. The van der Waals surface area contributed by atoms with E-state index in [1.54, 1.807) is 6.92 Å². The van der Waals surface area contributed by atoms with Crippen molar-refractivity contribution in [1.82, 2.24) is 5.32 Å². The molecule has 0 aromatic heterocycles.